The van der Waals surface area contributed by atoms with Gasteiger partial charge in [0.2, 0.25) is 0 Å². The van der Waals surface area contributed by atoms with Crippen molar-refractivity contribution in [2.75, 3.05) is 6.61 Å². The lowest BCUT2D eigenvalue weighted by molar-refractivity contribution is 0.104. The summed E-state index contributed by atoms with van der Waals surface area (Å²) in [6, 6.07) is 6.59. The van der Waals surface area contributed by atoms with Crippen molar-refractivity contribution in [1.29, 1.82) is 0 Å². The van der Waals surface area contributed by atoms with Crippen molar-refractivity contribution in [3.63, 3.8) is 0 Å². The van der Waals surface area contributed by atoms with Crippen LogP contribution in [0.25, 0.3) is 0 Å². The summed E-state index contributed by atoms with van der Waals surface area (Å²) in [5.74, 6) is 5.22. The minimum Gasteiger partial charge on any atom is -0.304 e. The average Bonchev–Trinajstić information content (AvgIpc) is 2.17. The molecular weight excluding hydrogens is 181 g/mol. The lowest BCUT2D eigenvalue weighted by Crippen LogP contribution is -2.10. The highest BCUT2D eigenvalue weighted by atomic mass is 19.1. The molecule has 1 unspecified atom stereocenters. The van der Waals surface area contributed by atoms with Gasteiger partial charge in [0.1, 0.15) is 5.82 Å². The molecule has 0 aliphatic heterocycles. The molecular formula is C11H16FNO. The number of halogens is 1. The maximum absolute atomic E-state index is 12.6. The molecule has 2 nitrogen and oxygen atoms in total. The van der Waals surface area contributed by atoms with E-state index in [2.05, 4.69) is 11.8 Å². The van der Waals surface area contributed by atoms with Gasteiger partial charge < -0.3 is 4.84 Å². The van der Waals surface area contributed by atoms with Crippen LogP contribution in [0.2, 0.25) is 0 Å². The number of nitrogens with two attached hydrogens (primary N) is 1. The molecule has 0 heterocycles. The first-order valence-corrected chi connectivity index (χ1v) is 4.78. The second kappa shape index (κ2) is 5.73. The largest absolute Gasteiger partial charge is 0.304 e. The van der Waals surface area contributed by atoms with Crippen LogP contribution >= 0.6 is 0 Å². The molecule has 0 spiro atoms. The Morgan fingerprint density at radius 3 is 2.57 bits per heavy atom. The van der Waals surface area contributed by atoms with E-state index in [-0.39, 0.29) is 5.82 Å². The van der Waals surface area contributed by atoms with E-state index in [4.69, 9.17) is 5.90 Å². The zero-order valence-electron chi connectivity index (χ0n) is 8.37. The Morgan fingerprint density at radius 1 is 1.36 bits per heavy atom. The fourth-order valence-corrected chi connectivity index (χ4v) is 1.31. The second-order valence-corrected chi connectivity index (χ2v) is 3.60. The Balaban J connectivity index is 2.34. The quantitative estimate of drug-likeness (QED) is 0.735. The van der Waals surface area contributed by atoms with Gasteiger partial charge in [0.05, 0.1) is 6.61 Å². The normalized spacial score (nSPS) is 12.8. The minimum atomic E-state index is -0.188. The first-order chi connectivity index (χ1) is 6.72. The van der Waals surface area contributed by atoms with Crippen molar-refractivity contribution in [1.82, 2.24) is 0 Å². The molecule has 1 atom stereocenters. The molecule has 1 aromatic rings. The van der Waals surface area contributed by atoms with Crippen LogP contribution in [-0.4, -0.2) is 6.61 Å². The third-order valence-corrected chi connectivity index (χ3v) is 2.22. The van der Waals surface area contributed by atoms with Gasteiger partial charge in [-0.05, 0) is 36.5 Å². The van der Waals surface area contributed by atoms with E-state index in [1.54, 1.807) is 0 Å². The molecule has 0 aliphatic rings. The Labute approximate surface area is 83.8 Å². The van der Waals surface area contributed by atoms with E-state index in [9.17, 15) is 4.39 Å². The number of hydrogen-bond acceptors (Lipinski definition) is 2. The van der Waals surface area contributed by atoms with Gasteiger partial charge in [-0.3, -0.25) is 0 Å². The zero-order valence-corrected chi connectivity index (χ0v) is 8.37. The van der Waals surface area contributed by atoms with Gasteiger partial charge in [-0.25, -0.2) is 10.3 Å². The molecule has 0 amide bonds. The van der Waals surface area contributed by atoms with Crippen LogP contribution in [0, 0.1) is 11.7 Å². The molecule has 0 bridgehead atoms. The van der Waals surface area contributed by atoms with Crippen LogP contribution in [0.3, 0.4) is 0 Å². The molecule has 2 N–H and O–H groups in total. The van der Waals surface area contributed by atoms with Crippen molar-refractivity contribution in [2.24, 2.45) is 11.8 Å². The molecule has 0 fully saturated rings. The molecule has 78 valence electrons. The number of benzene rings is 1. The summed E-state index contributed by atoms with van der Waals surface area (Å²) in [6.07, 6.45) is 1.94. The second-order valence-electron chi connectivity index (χ2n) is 3.60. The van der Waals surface area contributed by atoms with Gasteiger partial charge in [0.25, 0.3) is 0 Å². The van der Waals surface area contributed by atoms with E-state index in [1.807, 2.05) is 12.1 Å². The molecule has 3 heteroatoms. The van der Waals surface area contributed by atoms with Gasteiger partial charge >= 0.3 is 0 Å². The molecule has 14 heavy (non-hydrogen) atoms. The van der Waals surface area contributed by atoms with E-state index < -0.39 is 0 Å². The van der Waals surface area contributed by atoms with Crippen molar-refractivity contribution < 1.29 is 9.23 Å². The van der Waals surface area contributed by atoms with Crippen LogP contribution in [0.15, 0.2) is 24.3 Å². The minimum absolute atomic E-state index is 0.188. The highest BCUT2D eigenvalue weighted by molar-refractivity contribution is 5.15. The van der Waals surface area contributed by atoms with Crippen molar-refractivity contribution >= 4 is 0 Å². The third kappa shape index (κ3) is 3.85. The van der Waals surface area contributed by atoms with Gasteiger partial charge in [0.15, 0.2) is 0 Å². The van der Waals surface area contributed by atoms with Gasteiger partial charge in [-0.15, -0.1) is 0 Å². The fourth-order valence-electron chi connectivity index (χ4n) is 1.31. The highest BCUT2D eigenvalue weighted by Gasteiger charge is 2.02. The SMILES string of the molecule is CC(CCc1ccc(F)cc1)CON. The van der Waals surface area contributed by atoms with E-state index in [0.29, 0.717) is 12.5 Å². The summed E-state index contributed by atoms with van der Waals surface area (Å²) in [7, 11) is 0. The number of aryl methyl sites for hydroxylation is 1. The topological polar surface area (TPSA) is 35.2 Å². The number of rotatable bonds is 5. The standard InChI is InChI=1S/C11H16FNO/c1-9(8-14-13)2-3-10-4-6-11(12)7-5-10/h4-7,9H,2-3,8,13H2,1H3. The van der Waals surface area contributed by atoms with Gasteiger partial charge in [0, 0.05) is 0 Å². The van der Waals surface area contributed by atoms with Crippen LogP contribution in [-0.2, 0) is 11.3 Å². The Morgan fingerprint density at radius 2 is 2.00 bits per heavy atom. The molecule has 0 aliphatic carbocycles. The Bertz CT molecular complexity index is 260. The monoisotopic (exact) mass is 197 g/mol. The molecule has 1 aromatic carbocycles. The summed E-state index contributed by atoms with van der Waals surface area (Å²) in [5, 5.41) is 0. The van der Waals surface area contributed by atoms with Crippen LogP contribution in [0.4, 0.5) is 4.39 Å². The van der Waals surface area contributed by atoms with Crippen molar-refractivity contribution in [3.05, 3.63) is 35.6 Å². The van der Waals surface area contributed by atoms with E-state index >= 15 is 0 Å². The Kier molecular flexibility index (Phi) is 4.56. The first-order valence-electron chi connectivity index (χ1n) is 4.78. The smallest absolute Gasteiger partial charge is 0.123 e. The molecule has 1 rings (SSSR count). The predicted octanol–water partition coefficient (Wildman–Crippen LogP) is 2.28. The third-order valence-electron chi connectivity index (χ3n) is 2.22. The maximum Gasteiger partial charge on any atom is 0.123 e. The number of hydrogen-bond donors (Lipinski definition) is 1. The summed E-state index contributed by atoms with van der Waals surface area (Å²) < 4.78 is 12.6. The lowest BCUT2D eigenvalue weighted by atomic mass is 10.0. The zero-order chi connectivity index (χ0) is 10.4. The summed E-state index contributed by atoms with van der Waals surface area (Å²) in [5.41, 5.74) is 1.15. The van der Waals surface area contributed by atoms with Crippen LogP contribution in [0.5, 0.6) is 0 Å². The van der Waals surface area contributed by atoms with Gasteiger partial charge in [-0.2, -0.15) is 0 Å². The molecule has 0 aromatic heterocycles. The van der Waals surface area contributed by atoms with Crippen molar-refractivity contribution in [2.45, 2.75) is 19.8 Å². The average molecular weight is 197 g/mol. The maximum atomic E-state index is 12.6. The van der Waals surface area contributed by atoms with Crippen LogP contribution < -0.4 is 5.90 Å². The predicted molar refractivity (Wildman–Crippen MR) is 54.0 cm³/mol. The summed E-state index contributed by atoms with van der Waals surface area (Å²) in [6.45, 7) is 2.65. The van der Waals surface area contributed by atoms with Crippen molar-refractivity contribution in [3.8, 4) is 0 Å². The summed E-state index contributed by atoms with van der Waals surface area (Å²) in [4.78, 5) is 4.55. The highest BCUT2D eigenvalue weighted by Crippen LogP contribution is 2.10. The van der Waals surface area contributed by atoms with E-state index in [0.717, 1.165) is 18.4 Å². The van der Waals surface area contributed by atoms with E-state index in [1.165, 1.54) is 12.1 Å². The first kappa shape index (κ1) is 11.1. The summed E-state index contributed by atoms with van der Waals surface area (Å²) >= 11 is 0. The van der Waals surface area contributed by atoms with Crippen LogP contribution in [0.1, 0.15) is 18.9 Å². The molecule has 0 radical (unpaired) electrons. The Hall–Kier alpha value is -0.930. The lowest BCUT2D eigenvalue weighted by Gasteiger charge is -2.08. The molecule has 0 saturated heterocycles. The molecule has 0 saturated carbocycles. The van der Waals surface area contributed by atoms with Gasteiger partial charge in [-0.1, -0.05) is 19.1 Å². The fraction of sp³-hybridized carbons (Fsp3) is 0.455.